The highest BCUT2D eigenvalue weighted by atomic mass is 16.5. The molecule has 2 heterocycles. The first-order valence-corrected chi connectivity index (χ1v) is 9.55. The Kier molecular flexibility index (Phi) is 5.28. The second kappa shape index (κ2) is 7.99. The van der Waals surface area contributed by atoms with Gasteiger partial charge in [-0.3, -0.25) is 4.90 Å². The first-order chi connectivity index (χ1) is 13.2. The van der Waals surface area contributed by atoms with Crippen LogP contribution in [0.1, 0.15) is 29.8 Å². The molecule has 4 rings (SSSR count). The molecule has 0 aliphatic carbocycles. The molecular weight excluding hydrogens is 336 g/mol. The second-order valence-electron chi connectivity index (χ2n) is 6.96. The molecular formula is C23H26N2O2. The van der Waals surface area contributed by atoms with Crippen molar-refractivity contribution in [3.05, 3.63) is 83.7 Å². The number of rotatable bonds is 6. The molecule has 4 heteroatoms. The Hall–Kier alpha value is -2.56. The fourth-order valence-electron chi connectivity index (χ4n) is 3.52. The zero-order valence-electron chi connectivity index (χ0n) is 16.0. The molecule has 0 radical (unpaired) electrons. The van der Waals surface area contributed by atoms with Crippen LogP contribution < -0.4 is 4.74 Å². The highest BCUT2D eigenvalue weighted by Gasteiger charge is 2.27. The van der Waals surface area contributed by atoms with Crippen LogP contribution in [0.2, 0.25) is 0 Å². The third kappa shape index (κ3) is 4.07. The van der Waals surface area contributed by atoms with Gasteiger partial charge in [0.25, 0.3) is 0 Å². The maximum atomic E-state index is 6.05. The van der Waals surface area contributed by atoms with Gasteiger partial charge in [0.1, 0.15) is 12.0 Å². The lowest BCUT2D eigenvalue weighted by Crippen LogP contribution is -2.23. The summed E-state index contributed by atoms with van der Waals surface area (Å²) in [5.41, 5.74) is 4.89. The van der Waals surface area contributed by atoms with Crippen molar-refractivity contribution in [1.82, 2.24) is 9.47 Å². The Balaban J connectivity index is 1.51. The van der Waals surface area contributed by atoms with Gasteiger partial charge in [0.05, 0.1) is 13.2 Å². The summed E-state index contributed by atoms with van der Waals surface area (Å²) in [7, 11) is 0. The molecule has 4 nitrogen and oxygen atoms in total. The summed E-state index contributed by atoms with van der Waals surface area (Å²) in [6.07, 6.45) is 4.25. The standard InChI is InChI=1S/C23H26N2O2/c1-3-26-22-6-4-5-21(15-22)24-12-11-20(17-24)23-25(13-14-27-23)16-19-9-7-18(2)8-10-19/h4-12,15,17,23H,3,13-14,16H2,1-2H3/t23-/m1/s1. The number of benzene rings is 2. The molecule has 0 spiro atoms. The lowest BCUT2D eigenvalue weighted by molar-refractivity contribution is 0.0288. The summed E-state index contributed by atoms with van der Waals surface area (Å²) in [5.74, 6) is 0.892. The predicted molar refractivity (Wildman–Crippen MR) is 107 cm³/mol. The van der Waals surface area contributed by atoms with E-state index in [-0.39, 0.29) is 6.23 Å². The summed E-state index contributed by atoms with van der Waals surface area (Å²) in [6.45, 7) is 7.40. The van der Waals surface area contributed by atoms with Crippen LogP contribution in [0.4, 0.5) is 0 Å². The van der Waals surface area contributed by atoms with Gasteiger partial charge < -0.3 is 14.0 Å². The van der Waals surface area contributed by atoms with Gasteiger partial charge in [0.2, 0.25) is 0 Å². The predicted octanol–water partition coefficient (Wildman–Crippen LogP) is 4.72. The number of hydrogen-bond donors (Lipinski definition) is 0. The van der Waals surface area contributed by atoms with Gasteiger partial charge in [-0.1, -0.05) is 35.9 Å². The molecule has 0 unspecified atom stereocenters. The van der Waals surface area contributed by atoms with Crippen molar-refractivity contribution in [1.29, 1.82) is 0 Å². The molecule has 1 atom stereocenters. The molecule has 1 saturated heterocycles. The molecule has 27 heavy (non-hydrogen) atoms. The van der Waals surface area contributed by atoms with Crippen LogP contribution in [0.3, 0.4) is 0 Å². The van der Waals surface area contributed by atoms with Crippen LogP contribution >= 0.6 is 0 Å². The molecule has 1 aliphatic rings. The summed E-state index contributed by atoms with van der Waals surface area (Å²) in [5, 5.41) is 0. The van der Waals surface area contributed by atoms with Crippen LogP contribution in [0, 0.1) is 6.92 Å². The average molecular weight is 362 g/mol. The third-order valence-corrected chi connectivity index (χ3v) is 4.92. The second-order valence-corrected chi connectivity index (χ2v) is 6.96. The number of hydrogen-bond acceptors (Lipinski definition) is 3. The number of aryl methyl sites for hydroxylation is 1. The van der Waals surface area contributed by atoms with Crippen molar-refractivity contribution in [3.63, 3.8) is 0 Å². The Morgan fingerprint density at radius 3 is 2.78 bits per heavy atom. The van der Waals surface area contributed by atoms with Crippen molar-refractivity contribution in [2.75, 3.05) is 19.8 Å². The Morgan fingerprint density at radius 1 is 1.11 bits per heavy atom. The van der Waals surface area contributed by atoms with Crippen LogP contribution in [0.25, 0.3) is 5.69 Å². The van der Waals surface area contributed by atoms with Crippen molar-refractivity contribution < 1.29 is 9.47 Å². The monoisotopic (exact) mass is 362 g/mol. The van der Waals surface area contributed by atoms with E-state index in [9.17, 15) is 0 Å². The molecule has 3 aromatic rings. The SMILES string of the molecule is CCOc1cccc(-n2ccc([C@H]3OCCN3Cc3ccc(C)cc3)c2)c1. The van der Waals surface area contributed by atoms with Crippen LogP contribution in [-0.2, 0) is 11.3 Å². The van der Waals surface area contributed by atoms with Gasteiger partial charge in [-0.2, -0.15) is 0 Å². The van der Waals surface area contributed by atoms with E-state index in [4.69, 9.17) is 9.47 Å². The van der Waals surface area contributed by atoms with Crippen LogP contribution in [-0.4, -0.2) is 29.2 Å². The minimum absolute atomic E-state index is 0.00243. The molecule has 0 amide bonds. The normalized spacial score (nSPS) is 17.3. The highest BCUT2D eigenvalue weighted by Crippen LogP contribution is 2.30. The maximum Gasteiger partial charge on any atom is 0.138 e. The molecule has 2 aromatic carbocycles. The van der Waals surface area contributed by atoms with E-state index in [1.165, 1.54) is 16.7 Å². The average Bonchev–Trinajstić information content (AvgIpc) is 3.33. The molecule has 1 aromatic heterocycles. The van der Waals surface area contributed by atoms with E-state index >= 15 is 0 Å². The third-order valence-electron chi connectivity index (χ3n) is 4.92. The van der Waals surface area contributed by atoms with Gasteiger partial charge in [0, 0.05) is 42.8 Å². The molecule has 0 saturated carbocycles. The molecule has 140 valence electrons. The first-order valence-electron chi connectivity index (χ1n) is 9.55. The zero-order valence-corrected chi connectivity index (χ0v) is 16.0. The lowest BCUT2D eigenvalue weighted by atomic mass is 10.1. The van der Waals surface area contributed by atoms with Crippen molar-refractivity contribution in [2.45, 2.75) is 26.6 Å². The van der Waals surface area contributed by atoms with Gasteiger partial charge in [-0.05, 0) is 37.6 Å². The van der Waals surface area contributed by atoms with E-state index in [1.54, 1.807) is 0 Å². The summed E-state index contributed by atoms with van der Waals surface area (Å²) >= 11 is 0. The fraction of sp³-hybridized carbons (Fsp3) is 0.304. The van der Waals surface area contributed by atoms with Crippen molar-refractivity contribution >= 4 is 0 Å². The Morgan fingerprint density at radius 2 is 1.96 bits per heavy atom. The van der Waals surface area contributed by atoms with E-state index in [2.05, 4.69) is 71.2 Å². The van der Waals surface area contributed by atoms with E-state index < -0.39 is 0 Å². The Bertz CT molecular complexity index is 885. The number of aromatic nitrogens is 1. The lowest BCUT2D eigenvalue weighted by Gasteiger charge is -2.22. The molecule has 0 N–H and O–H groups in total. The zero-order chi connectivity index (χ0) is 18.6. The van der Waals surface area contributed by atoms with E-state index in [1.807, 2.05) is 19.1 Å². The fourth-order valence-corrected chi connectivity index (χ4v) is 3.52. The minimum Gasteiger partial charge on any atom is -0.494 e. The smallest absolute Gasteiger partial charge is 0.138 e. The summed E-state index contributed by atoms with van der Waals surface area (Å²) < 4.78 is 13.8. The minimum atomic E-state index is 0.00243. The number of ether oxygens (including phenoxy) is 2. The van der Waals surface area contributed by atoms with Crippen molar-refractivity contribution in [3.8, 4) is 11.4 Å². The topological polar surface area (TPSA) is 26.6 Å². The first kappa shape index (κ1) is 17.8. The van der Waals surface area contributed by atoms with Crippen LogP contribution in [0.5, 0.6) is 5.75 Å². The summed E-state index contributed by atoms with van der Waals surface area (Å²) in [6, 6.07) is 19.1. The number of nitrogens with zero attached hydrogens (tertiary/aromatic N) is 2. The van der Waals surface area contributed by atoms with E-state index in [0.29, 0.717) is 6.61 Å². The molecule has 0 bridgehead atoms. The van der Waals surface area contributed by atoms with Gasteiger partial charge in [-0.25, -0.2) is 0 Å². The van der Waals surface area contributed by atoms with Crippen LogP contribution in [0.15, 0.2) is 67.0 Å². The van der Waals surface area contributed by atoms with Crippen molar-refractivity contribution in [2.24, 2.45) is 0 Å². The van der Waals surface area contributed by atoms with Gasteiger partial charge in [-0.15, -0.1) is 0 Å². The van der Waals surface area contributed by atoms with E-state index in [0.717, 1.165) is 31.1 Å². The highest BCUT2D eigenvalue weighted by molar-refractivity contribution is 5.40. The Labute approximate surface area is 161 Å². The largest absolute Gasteiger partial charge is 0.494 e. The molecule has 1 aliphatic heterocycles. The molecule has 1 fully saturated rings. The van der Waals surface area contributed by atoms with Gasteiger partial charge >= 0.3 is 0 Å². The summed E-state index contributed by atoms with van der Waals surface area (Å²) in [4.78, 5) is 2.39. The van der Waals surface area contributed by atoms with Gasteiger partial charge in [0.15, 0.2) is 0 Å². The maximum absolute atomic E-state index is 6.05. The quantitative estimate of drug-likeness (QED) is 0.635.